The highest BCUT2D eigenvalue weighted by Crippen LogP contribution is 2.39. The lowest BCUT2D eigenvalue weighted by Crippen LogP contribution is -2.42. The first-order chi connectivity index (χ1) is 7.07. The van der Waals surface area contributed by atoms with Crippen LogP contribution in [0.4, 0.5) is 0 Å². The Balaban J connectivity index is 2.88. The zero-order chi connectivity index (χ0) is 11.5. The molecule has 0 aromatic rings. The number of carbonyl (C=O) groups excluding carboxylic acids is 1. The first kappa shape index (κ1) is 12.4. The van der Waals surface area contributed by atoms with E-state index in [0.717, 1.165) is 32.0 Å². The maximum Gasteiger partial charge on any atom is 0.123 e. The van der Waals surface area contributed by atoms with E-state index in [1.165, 1.54) is 5.57 Å². The summed E-state index contributed by atoms with van der Waals surface area (Å²) in [6.07, 6.45) is 6.30. The van der Waals surface area contributed by atoms with Crippen LogP contribution in [-0.2, 0) is 4.79 Å². The van der Waals surface area contributed by atoms with Crippen molar-refractivity contribution in [2.75, 3.05) is 0 Å². The van der Waals surface area contributed by atoms with Gasteiger partial charge in [-0.3, -0.25) is 0 Å². The van der Waals surface area contributed by atoms with E-state index in [1.807, 2.05) is 13.8 Å². The summed E-state index contributed by atoms with van der Waals surface area (Å²) in [5.74, 6) is 0.105. The first-order valence-electron chi connectivity index (χ1n) is 5.90. The van der Waals surface area contributed by atoms with E-state index in [1.54, 1.807) is 0 Å². The molecule has 1 rings (SSSR count). The van der Waals surface area contributed by atoms with Gasteiger partial charge < -0.3 is 9.90 Å². The molecule has 0 radical (unpaired) electrons. The van der Waals surface area contributed by atoms with Crippen molar-refractivity contribution in [1.29, 1.82) is 0 Å². The maximum absolute atomic E-state index is 11.1. The van der Waals surface area contributed by atoms with Crippen molar-refractivity contribution in [1.82, 2.24) is 0 Å². The van der Waals surface area contributed by atoms with Crippen LogP contribution in [0.5, 0.6) is 0 Å². The Morgan fingerprint density at radius 3 is 2.60 bits per heavy atom. The number of aliphatic hydroxyl groups is 1. The molecule has 0 fully saturated rings. The van der Waals surface area contributed by atoms with Gasteiger partial charge in [0.15, 0.2) is 0 Å². The maximum atomic E-state index is 11.1. The molecule has 0 aromatic carbocycles. The van der Waals surface area contributed by atoms with Crippen LogP contribution in [-0.4, -0.2) is 17.0 Å². The van der Waals surface area contributed by atoms with Gasteiger partial charge >= 0.3 is 0 Å². The van der Waals surface area contributed by atoms with Crippen molar-refractivity contribution in [2.24, 2.45) is 11.8 Å². The van der Waals surface area contributed by atoms with Crippen LogP contribution in [0, 0.1) is 11.8 Å². The quantitative estimate of drug-likeness (QED) is 0.572. The van der Waals surface area contributed by atoms with Gasteiger partial charge in [-0.25, -0.2) is 0 Å². The van der Waals surface area contributed by atoms with Gasteiger partial charge in [-0.15, -0.1) is 0 Å². The normalized spacial score (nSPS) is 27.3. The molecule has 86 valence electrons. The van der Waals surface area contributed by atoms with Gasteiger partial charge in [0.1, 0.15) is 6.29 Å². The second-order valence-corrected chi connectivity index (χ2v) is 4.71. The van der Waals surface area contributed by atoms with Gasteiger partial charge in [0.05, 0.1) is 5.60 Å². The van der Waals surface area contributed by atoms with Gasteiger partial charge in [-0.2, -0.15) is 0 Å². The van der Waals surface area contributed by atoms with E-state index in [-0.39, 0.29) is 11.8 Å². The third kappa shape index (κ3) is 2.49. The zero-order valence-corrected chi connectivity index (χ0v) is 9.99. The molecule has 0 bridgehead atoms. The molecule has 0 saturated carbocycles. The summed E-state index contributed by atoms with van der Waals surface area (Å²) in [5.41, 5.74) is 0.612. The third-order valence-electron chi connectivity index (χ3n) is 3.88. The summed E-state index contributed by atoms with van der Waals surface area (Å²) in [5, 5.41) is 10.5. The minimum atomic E-state index is -0.664. The monoisotopic (exact) mass is 210 g/mol. The van der Waals surface area contributed by atoms with Crippen LogP contribution in [0.1, 0.15) is 46.5 Å². The summed E-state index contributed by atoms with van der Waals surface area (Å²) < 4.78 is 0. The molecule has 1 aliphatic rings. The van der Waals surface area contributed by atoms with Crippen LogP contribution in [0.15, 0.2) is 11.6 Å². The van der Waals surface area contributed by atoms with Gasteiger partial charge in [-0.05, 0) is 32.6 Å². The molecule has 0 heterocycles. The average Bonchev–Trinajstić information content (AvgIpc) is 2.27. The highest BCUT2D eigenvalue weighted by atomic mass is 16.3. The number of aldehydes is 1. The van der Waals surface area contributed by atoms with Crippen molar-refractivity contribution in [3.63, 3.8) is 0 Å². The average molecular weight is 210 g/mol. The number of carbonyl (C=O) groups is 1. The number of hydrogen-bond acceptors (Lipinski definition) is 2. The standard InChI is InChI=1S/C13H22O2/c1-4-13(15,5-2)12-7-6-10(3)8-11(12)9-14/h6,9,11-12,15H,4-5,7-8H2,1-3H3. The molecule has 2 atom stereocenters. The highest BCUT2D eigenvalue weighted by Gasteiger charge is 2.39. The molecular formula is C13H22O2. The summed E-state index contributed by atoms with van der Waals surface area (Å²) in [6.45, 7) is 6.05. The fraction of sp³-hybridized carbons (Fsp3) is 0.769. The van der Waals surface area contributed by atoms with Crippen LogP contribution >= 0.6 is 0 Å². The summed E-state index contributed by atoms with van der Waals surface area (Å²) in [7, 11) is 0. The Bertz CT molecular complexity index is 251. The molecule has 2 unspecified atom stereocenters. The lowest BCUT2D eigenvalue weighted by molar-refractivity contribution is -0.119. The Hall–Kier alpha value is -0.630. The molecule has 0 aliphatic heterocycles. The van der Waals surface area contributed by atoms with Crippen molar-refractivity contribution < 1.29 is 9.90 Å². The predicted molar refractivity (Wildman–Crippen MR) is 61.6 cm³/mol. The van der Waals surface area contributed by atoms with Crippen molar-refractivity contribution in [3.8, 4) is 0 Å². The van der Waals surface area contributed by atoms with E-state index < -0.39 is 5.60 Å². The molecule has 0 spiro atoms. The van der Waals surface area contributed by atoms with Crippen LogP contribution < -0.4 is 0 Å². The van der Waals surface area contributed by atoms with Gasteiger partial charge in [0, 0.05) is 11.8 Å². The minimum Gasteiger partial charge on any atom is -0.390 e. The second kappa shape index (κ2) is 4.93. The van der Waals surface area contributed by atoms with E-state index >= 15 is 0 Å². The van der Waals surface area contributed by atoms with Gasteiger partial charge in [0.2, 0.25) is 0 Å². The lowest BCUT2D eigenvalue weighted by Gasteiger charge is -2.39. The van der Waals surface area contributed by atoms with E-state index in [2.05, 4.69) is 13.0 Å². The van der Waals surface area contributed by atoms with E-state index in [4.69, 9.17) is 0 Å². The molecule has 1 aliphatic carbocycles. The van der Waals surface area contributed by atoms with Crippen molar-refractivity contribution in [2.45, 2.75) is 52.1 Å². The van der Waals surface area contributed by atoms with E-state index in [9.17, 15) is 9.90 Å². The molecule has 1 N–H and O–H groups in total. The Morgan fingerprint density at radius 2 is 2.13 bits per heavy atom. The predicted octanol–water partition coefficient (Wildman–Crippen LogP) is 2.71. The summed E-state index contributed by atoms with van der Waals surface area (Å²) >= 11 is 0. The van der Waals surface area contributed by atoms with Gasteiger partial charge in [0.25, 0.3) is 0 Å². The van der Waals surface area contributed by atoms with Gasteiger partial charge in [-0.1, -0.05) is 25.5 Å². The Labute approximate surface area is 92.4 Å². The fourth-order valence-electron chi connectivity index (χ4n) is 2.64. The third-order valence-corrected chi connectivity index (χ3v) is 3.88. The second-order valence-electron chi connectivity index (χ2n) is 4.71. The zero-order valence-electron chi connectivity index (χ0n) is 9.99. The van der Waals surface area contributed by atoms with Crippen molar-refractivity contribution in [3.05, 3.63) is 11.6 Å². The summed E-state index contributed by atoms with van der Waals surface area (Å²) in [4.78, 5) is 11.1. The SMILES string of the molecule is CCC(O)(CC)C1CC=C(C)CC1C=O. The smallest absolute Gasteiger partial charge is 0.123 e. The number of rotatable bonds is 4. The molecule has 15 heavy (non-hydrogen) atoms. The van der Waals surface area contributed by atoms with Crippen molar-refractivity contribution >= 4 is 6.29 Å². The number of allylic oxidation sites excluding steroid dienone is 2. The Kier molecular flexibility index (Phi) is 4.09. The molecular weight excluding hydrogens is 188 g/mol. The fourth-order valence-corrected chi connectivity index (χ4v) is 2.64. The first-order valence-corrected chi connectivity index (χ1v) is 5.90. The summed E-state index contributed by atoms with van der Waals surface area (Å²) in [6, 6.07) is 0. The van der Waals surface area contributed by atoms with Crippen LogP contribution in [0.2, 0.25) is 0 Å². The minimum absolute atomic E-state index is 0.0000926. The highest BCUT2D eigenvalue weighted by molar-refractivity contribution is 5.56. The van der Waals surface area contributed by atoms with E-state index in [0.29, 0.717) is 0 Å². The molecule has 0 aromatic heterocycles. The van der Waals surface area contributed by atoms with Crippen LogP contribution in [0.25, 0.3) is 0 Å². The molecule has 0 saturated heterocycles. The van der Waals surface area contributed by atoms with Crippen LogP contribution in [0.3, 0.4) is 0 Å². The molecule has 2 nitrogen and oxygen atoms in total. The largest absolute Gasteiger partial charge is 0.390 e. The lowest BCUT2D eigenvalue weighted by atomic mass is 9.69. The molecule has 0 amide bonds. The molecule has 2 heteroatoms. The Morgan fingerprint density at radius 1 is 1.53 bits per heavy atom. The number of hydrogen-bond donors (Lipinski definition) is 1. The topological polar surface area (TPSA) is 37.3 Å².